The zero-order chi connectivity index (χ0) is 9.23. The van der Waals surface area contributed by atoms with E-state index >= 15 is 0 Å². The number of hydrogen-bond acceptors (Lipinski definition) is 3. The third kappa shape index (κ3) is 7.92. The zero-order valence-electron chi connectivity index (χ0n) is 7.97. The summed E-state index contributed by atoms with van der Waals surface area (Å²) in [6.45, 7) is 4.56. The van der Waals surface area contributed by atoms with Gasteiger partial charge in [0.1, 0.15) is 6.61 Å². The van der Waals surface area contributed by atoms with Crippen LogP contribution in [0.1, 0.15) is 33.1 Å². The van der Waals surface area contributed by atoms with Crippen LogP contribution >= 0.6 is 11.8 Å². The quantitative estimate of drug-likeness (QED) is 0.455. The van der Waals surface area contributed by atoms with Crippen molar-refractivity contribution >= 4 is 17.7 Å². The van der Waals surface area contributed by atoms with Crippen molar-refractivity contribution in [3.8, 4) is 0 Å². The minimum atomic E-state index is -0.0916. The van der Waals surface area contributed by atoms with Crippen LogP contribution < -0.4 is 0 Å². The molecule has 0 bridgehead atoms. The van der Waals surface area contributed by atoms with Crippen LogP contribution in [0.4, 0.5) is 0 Å². The van der Waals surface area contributed by atoms with E-state index in [4.69, 9.17) is 4.74 Å². The van der Waals surface area contributed by atoms with Crippen LogP contribution in [-0.2, 0) is 9.53 Å². The van der Waals surface area contributed by atoms with E-state index in [1.54, 1.807) is 0 Å². The lowest BCUT2D eigenvalue weighted by atomic mass is 10.4. The van der Waals surface area contributed by atoms with Crippen LogP contribution in [0.5, 0.6) is 0 Å². The molecule has 12 heavy (non-hydrogen) atoms. The molecule has 2 nitrogen and oxygen atoms in total. The van der Waals surface area contributed by atoms with Gasteiger partial charge in [-0.15, -0.1) is 0 Å². The number of thioether (sulfide) groups is 1. The fourth-order valence-electron chi connectivity index (χ4n) is 0.665. The molecule has 0 rings (SSSR count). The lowest BCUT2D eigenvalue weighted by Crippen LogP contribution is -2.05. The van der Waals surface area contributed by atoms with Crippen molar-refractivity contribution in [2.75, 3.05) is 18.1 Å². The van der Waals surface area contributed by atoms with Crippen LogP contribution in [-0.4, -0.2) is 24.1 Å². The molecule has 0 atom stereocenters. The summed E-state index contributed by atoms with van der Waals surface area (Å²) in [4.78, 5) is 10.7. The lowest BCUT2D eigenvalue weighted by Gasteiger charge is -2.02. The molecule has 0 amide bonds. The molecule has 0 unspecified atom stereocenters. The number of hydrogen-bond donors (Lipinski definition) is 0. The van der Waals surface area contributed by atoms with Gasteiger partial charge in [0.25, 0.3) is 0 Å². The minimum absolute atomic E-state index is 0.0916. The lowest BCUT2D eigenvalue weighted by molar-refractivity contribution is -0.142. The van der Waals surface area contributed by atoms with Gasteiger partial charge in [-0.25, -0.2) is 0 Å². The highest BCUT2D eigenvalue weighted by Gasteiger charge is 1.96. The maximum absolute atomic E-state index is 10.7. The molecule has 0 saturated heterocycles. The summed E-state index contributed by atoms with van der Waals surface area (Å²) >= 11 is 1.85. The highest BCUT2D eigenvalue weighted by atomic mass is 32.2. The average Bonchev–Trinajstić information content (AvgIpc) is 2.10. The van der Waals surface area contributed by atoms with Crippen molar-refractivity contribution in [1.29, 1.82) is 0 Å². The van der Waals surface area contributed by atoms with Crippen LogP contribution in [0.15, 0.2) is 0 Å². The molecule has 0 aliphatic heterocycles. The first-order valence-electron chi connectivity index (χ1n) is 4.54. The Morgan fingerprint density at radius 1 is 1.33 bits per heavy atom. The standard InChI is InChI=1S/C9H18O2S/c1-3-5-7-12-8-6-11-9(10)4-2/h3-8H2,1-2H3. The third-order valence-corrected chi connectivity index (χ3v) is 2.45. The van der Waals surface area contributed by atoms with Gasteiger partial charge < -0.3 is 4.74 Å². The fourth-order valence-corrected chi connectivity index (χ4v) is 1.56. The van der Waals surface area contributed by atoms with E-state index in [2.05, 4.69) is 6.92 Å². The van der Waals surface area contributed by atoms with Gasteiger partial charge in [0.15, 0.2) is 0 Å². The molecular weight excluding hydrogens is 172 g/mol. The number of unbranched alkanes of at least 4 members (excludes halogenated alkanes) is 1. The topological polar surface area (TPSA) is 26.3 Å². The van der Waals surface area contributed by atoms with Crippen LogP contribution in [0, 0.1) is 0 Å². The first-order chi connectivity index (χ1) is 5.81. The molecule has 0 aromatic heterocycles. The summed E-state index contributed by atoms with van der Waals surface area (Å²) in [5.41, 5.74) is 0. The molecule has 0 radical (unpaired) electrons. The van der Waals surface area contributed by atoms with Crippen molar-refractivity contribution in [1.82, 2.24) is 0 Å². The van der Waals surface area contributed by atoms with Gasteiger partial charge in [0.2, 0.25) is 0 Å². The Labute approximate surface area is 79.1 Å². The molecule has 72 valence electrons. The van der Waals surface area contributed by atoms with Crippen molar-refractivity contribution in [3.05, 3.63) is 0 Å². The summed E-state index contributed by atoms with van der Waals surface area (Å²) in [6, 6.07) is 0. The Morgan fingerprint density at radius 2 is 2.08 bits per heavy atom. The summed E-state index contributed by atoms with van der Waals surface area (Å²) in [5, 5.41) is 0. The average molecular weight is 190 g/mol. The van der Waals surface area contributed by atoms with Gasteiger partial charge in [-0.05, 0) is 12.2 Å². The number of esters is 1. The number of rotatable bonds is 7. The van der Waals surface area contributed by atoms with E-state index in [1.807, 2.05) is 18.7 Å². The zero-order valence-corrected chi connectivity index (χ0v) is 8.78. The van der Waals surface area contributed by atoms with Crippen LogP contribution in [0.3, 0.4) is 0 Å². The second kappa shape index (κ2) is 8.91. The summed E-state index contributed by atoms with van der Waals surface area (Å²) < 4.78 is 4.91. The summed E-state index contributed by atoms with van der Waals surface area (Å²) in [5.74, 6) is 2.03. The molecule has 0 fully saturated rings. The fraction of sp³-hybridized carbons (Fsp3) is 0.889. The Kier molecular flexibility index (Phi) is 8.78. The Bertz CT molecular complexity index is 115. The molecular formula is C9H18O2S. The van der Waals surface area contributed by atoms with Crippen molar-refractivity contribution in [2.45, 2.75) is 33.1 Å². The SMILES string of the molecule is CCCCSCCOC(=O)CC. The molecule has 0 saturated carbocycles. The number of carbonyl (C=O) groups excluding carboxylic acids is 1. The van der Waals surface area contributed by atoms with Crippen molar-refractivity contribution < 1.29 is 9.53 Å². The molecule has 3 heteroatoms. The van der Waals surface area contributed by atoms with E-state index < -0.39 is 0 Å². The van der Waals surface area contributed by atoms with Crippen LogP contribution in [0.2, 0.25) is 0 Å². The molecule has 0 heterocycles. The summed E-state index contributed by atoms with van der Waals surface area (Å²) in [6.07, 6.45) is 2.98. The van der Waals surface area contributed by atoms with Crippen molar-refractivity contribution in [3.63, 3.8) is 0 Å². The molecule has 0 aliphatic rings. The van der Waals surface area contributed by atoms with E-state index in [0.717, 1.165) is 5.75 Å². The van der Waals surface area contributed by atoms with Crippen molar-refractivity contribution in [2.24, 2.45) is 0 Å². The molecule has 0 spiro atoms. The third-order valence-electron chi connectivity index (χ3n) is 1.42. The molecule has 0 aromatic rings. The maximum Gasteiger partial charge on any atom is 0.305 e. The first kappa shape index (κ1) is 11.8. The second-order valence-corrected chi connectivity index (χ2v) is 3.76. The molecule has 0 aromatic carbocycles. The van der Waals surface area contributed by atoms with Gasteiger partial charge in [0.05, 0.1) is 0 Å². The summed E-state index contributed by atoms with van der Waals surface area (Å²) in [7, 11) is 0. The van der Waals surface area contributed by atoms with Gasteiger partial charge in [0, 0.05) is 12.2 Å². The minimum Gasteiger partial charge on any atom is -0.465 e. The Hall–Kier alpha value is -0.180. The second-order valence-electron chi connectivity index (χ2n) is 2.54. The maximum atomic E-state index is 10.7. The van der Waals surface area contributed by atoms with E-state index in [9.17, 15) is 4.79 Å². The number of ether oxygens (including phenoxy) is 1. The van der Waals surface area contributed by atoms with E-state index in [1.165, 1.54) is 18.6 Å². The highest BCUT2D eigenvalue weighted by Crippen LogP contribution is 2.03. The van der Waals surface area contributed by atoms with E-state index in [0.29, 0.717) is 13.0 Å². The Morgan fingerprint density at radius 3 is 2.67 bits per heavy atom. The molecule has 0 N–H and O–H groups in total. The van der Waals surface area contributed by atoms with Gasteiger partial charge in [-0.2, -0.15) is 11.8 Å². The first-order valence-corrected chi connectivity index (χ1v) is 5.70. The monoisotopic (exact) mass is 190 g/mol. The van der Waals surface area contributed by atoms with Gasteiger partial charge >= 0.3 is 5.97 Å². The van der Waals surface area contributed by atoms with E-state index in [-0.39, 0.29) is 5.97 Å². The molecule has 0 aliphatic carbocycles. The largest absolute Gasteiger partial charge is 0.465 e. The van der Waals surface area contributed by atoms with Crippen LogP contribution in [0.25, 0.3) is 0 Å². The highest BCUT2D eigenvalue weighted by molar-refractivity contribution is 7.99. The number of carbonyl (C=O) groups is 1. The smallest absolute Gasteiger partial charge is 0.305 e. The van der Waals surface area contributed by atoms with Gasteiger partial charge in [-0.1, -0.05) is 20.3 Å². The predicted octanol–water partition coefficient (Wildman–Crippen LogP) is 2.47. The predicted molar refractivity (Wildman–Crippen MR) is 53.5 cm³/mol. The Balaban J connectivity index is 2.95. The normalized spacial score (nSPS) is 9.83. The van der Waals surface area contributed by atoms with Gasteiger partial charge in [-0.3, -0.25) is 4.79 Å².